The SMILES string of the molecule is CCC(N)C(c1ccc(C)s1)N1CCCNC(=O)C1. The molecule has 4 nitrogen and oxygen atoms in total. The third-order valence-corrected chi connectivity index (χ3v) is 4.69. The van der Waals surface area contributed by atoms with Crippen LogP contribution in [0.2, 0.25) is 0 Å². The van der Waals surface area contributed by atoms with E-state index in [1.54, 1.807) is 11.3 Å². The number of nitrogens with one attached hydrogen (secondary N) is 1. The van der Waals surface area contributed by atoms with E-state index in [2.05, 4.69) is 36.2 Å². The molecule has 19 heavy (non-hydrogen) atoms. The second-order valence-electron chi connectivity index (χ2n) is 5.14. The molecule has 0 spiro atoms. The molecule has 3 N–H and O–H groups in total. The summed E-state index contributed by atoms with van der Waals surface area (Å²) in [5, 5.41) is 2.92. The van der Waals surface area contributed by atoms with E-state index in [1.165, 1.54) is 9.75 Å². The Balaban J connectivity index is 2.23. The minimum atomic E-state index is 0.0731. The third kappa shape index (κ3) is 3.55. The first kappa shape index (κ1) is 14.5. The Morgan fingerprint density at radius 1 is 1.53 bits per heavy atom. The van der Waals surface area contributed by atoms with Crippen LogP contribution in [0.3, 0.4) is 0 Å². The molecule has 1 amide bonds. The van der Waals surface area contributed by atoms with Crippen LogP contribution >= 0.6 is 11.3 Å². The van der Waals surface area contributed by atoms with Crippen molar-refractivity contribution in [1.29, 1.82) is 0 Å². The Labute approximate surface area is 119 Å². The van der Waals surface area contributed by atoms with Gasteiger partial charge in [-0.1, -0.05) is 6.92 Å². The molecule has 2 unspecified atom stereocenters. The number of nitrogens with zero attached hydrogens (tertiary/aromatic N) is 1. The minimum absolute atomic E-state index is 0.0731. The van der Waals surface area contributed by atoms with E-state index in [0.29, 0.717) is 6.54 Å². The molecule has 5 heteroatoms. The van der Waals surface area contributed by atoms with Crippen LogP contribution in [0.15, 0.2) is 12.1 Å². The minimum Gasteiger partial charge on any atom is -0.355 e. The van der Waals surface area contributed by atoms with Crippen molar-refractivity contribution in [2.75, 3.05) is 19.6 Å². The number of rotatable bonds is 4. The van der Waals surface area contributed by atoms with Gasteiger partial charge >= 0.3 is 0 Å². The van der Waals surface area contributed by atoms with Crippen molar-refractivity contribution in [3.63, 3.8) is 0 Å². The van der Waals surface area contributed by atoms with E-state index in [-0.39, 0.29) is 18.0 Å². The molecule has 0 aliphatic carbocycles. The molecule has 0 radical (unpaired) electrons. The third-order valence-electron chi connectivity index (χ3n) is 3.61. The highest BCUT2D eigenvalue weighted by Gasteiger charge is 2.29. The van der Waals surface area contributed by atoms with Crippen molar-refractivity contribution >= 4 is 17.2 Å². The lowest BCUT2D eigenvalue weighted by Gasteiger charge is -2.33. The van der Waals surface area contributed by atoms with Crippen LogP contribution in [-0.2, 0) is 4.79 Å². The molecule has 2 rings (SSSR count). The van der Waals surface area contributed by atoms with Gasteiger partial charge in [-0.2, -0.15) is 0 Å². The fourth-order valence-corrected chi connectivity index (χ4v) is 3.65. The molecule has 1 aromatic heterocycles. The van der Waals surface area contributed by atoms with Gasteiger partial charge in [-0.15, -0.1) is 11.3 Å². The van der Waals surface area contributed by atoms with Crippen LogP contribution in [0.5, 0.6) is 0 Å². The van der Waals surface area contributed by atoms with Crippen molar-refractivity contribution in [1.82, 2.24) is 10.2 Å². The van der Waals surface area contributed by atoms with Crippen LogP contribution in [0.25, 0.3) is 0 Å². The van der Waals surface area contributed by atoms with Crippen molar-refractivity contribution in [2.24, 2.45) is 5.73 Å². The molecule has 1 saturated heterocycles. The van der Waals surface area contributed by atoms with Crippen LogP contribution in [0.1, 0.15) is 35.6 Å². The molecule has 0 aromatic carbocycles. The summed E-state index contributed by atoms with van der Waals surface area (Å²) < 4.78 is 0. The monoisotopic (exact) mass is 281 g/mol. The van der Waals surface area contributed by atoms with E-state index in [1.807, 2.05) is 0 Å². The number of thiophene rings is 1. The lowest BCUT2D eigenvalue weighted by molar-refractivity contribution is -0.122. The van der Waals surface area contributed by atoms with Gasteiger partial charge in [-0.25, -0.2) is 0 Å². The van der Waals surface area contributed by atoms with Gasteiger partial charge in [-0.3, -0.25) is 9.69 Å². The second-order valence-corrected chi connectivity index (χ2v) is 6.46. The summed E-state index contributed by atoms with van der Waals surface area (Å²) in [4.78, 5) is 16.6. The highest BCUT2D eigenvalue weighted by molar-refractivity contribution is 7.12. The van der Waals surface area contributed by atoms with Crippen LogP contribution in [0, 0.1) is 6.92 Å². The van der Waals surface area contributed by atoms with Crippen LogP contribution in [-0.4, -0.2) is 36.5 Å². The highest BCUT2D eigenvalue weighted by atomic mass is 32.1. The zero-order chi connectivity index (χ0) is 13.8. The van der Waals surface area contributed by atoms with Gasteiger partial charge in [0.25, 0.3) is 0 Å². The maximum absolute atomic E-state index is 11.8. The lowest BCUT2D eigenvalue weighted by atomic mass is 10.0. The van der Waals surface area contributed by atoms with E-state index >= 15 is 0 Å². The normalized spacial score (nSPS) is 20.7. The molecule has 1 aliphatic heterocycles. The first-order valence-corrected chi connectivity index (χ1v) is 7.76. The zero-order valence-electron chi connectivity index (χ0n) is 11.7. The number of hydrogen-bond donors (Lipinski definition) is 2. The Kier molecular flexibility index (Phi) is 4.96. The molecule has 1 fully saturated rings. The van der Waals surface area contributed by atoms with E-state index in [0.717, 1.165) is 25.9 Å². The van der Waals surface area contributed by atoms with Crippen molar-refractivity contribution in [2.45, 2.75) is 38.8 Å². The Morgan fingerprint density at radius 3 is 2.95 bits per heavy atom. The zero-order valence-corrected chi connectivity index (χ0v) is 12.5. The largest absolute Gasteiger partial charge is 0.355 e. The molecule has 2 heterocycles. The Bertz CT molecular complexity index is 432. The van der Waals surface area contributed by atoms with Crippen molar-refractivity contribution < 1.29 is 4.79 Å². The average Bonchev–Trinajstić information content (AvgIpc) is 2.68. The summed E-state index contributed by atoms with van der Waals surface area (Å²) in [6.07, 6.45) is 1.91. The fourth-order valence-electron chi connectivity index (χ4n) is 2.56. The van der Waals surface area contributed by atoms with Crippen LogP contribution < -0.4 is 11.1 Å². The number of carbonyl (C=O) groups is 1. The molecule has 0 bridgehead atoms. The molecule has 106 valence electrons. The number of carbonyl (C=O) groups excluding carboxylic acids is 1. The molecule has 1 aromatic rings. The highest BCUT2D eigenvalue weighted by Crippen LogP contribution is 2.31. The quantitative estimate of drug-likeness (QED) is 0.882. The number of nitrogens with two attached hydrogens (primary N) is 1. The van der Waals surface area contributed by atoms with Gasteiger partial charge in [-0.05, 0) is 31.9 Å². The van der Waals surface area contributed by atoms with Gasteiger partial charge in [0, 0.05) is 28.9 Å². The van der Waals surface area contributed by atoms with Gasteiger partial charge in [0.1, 0.15) is 0 Å². The van der Waals surface area contributed by atoms with Crippen LogP contribution in [0.4, 0.5) is 0 Å². The molecular formula is C14H23N3OS. The summed E-state index contributed by atoms with van der Waals surface area (Å²) in [5.74, 6) is 0.110. The number of amides is 1. The number of aryl methyl sites for hydroxylation is 1. The molecule has 2 atom stereocenters. The lowest BCUT2D eigenvalue weighted by Crippen LogP contribution is -2.43. The first-order chi connectivity index (χ1) is 9.11. The summed E-state index contributed by atoms with van der Waals surface area (Å²) in [6.45, 7) is 6.37. The van der Waals surface area contributed by atoms with E-state index in [4.69, 9.17) is 5.73 Å². The smallest absolute Gasteiger partial charge is 0.234 e. The predicted octanol–water partition coefficient (Wildman–Crippen LogP) is 1.66. The molecular weight excluding hydrogens is 258 g/mol. The Hall–Kier alpha value is -0.910. The summed E-state index contributed by atoms with van der Waals surface area (Å²) in [6, 6.07) is 4.52. The molecule has 1 aliphatic rings. The maximum Gasteiger partial charge on any atom is 0.234 e. The standard InChI is InChI=1S/C14H23N3OS/c1-3-11(15)14(12-6-5-10(2)19-12)17-8-4-7-16-13(18)9-17/h5-6,11,14H,3-4,7-9,15H2,1-2H3,(H,16,18). The van der Waals surface area contributed by atoms with Gasteiger partial charge in [0.15, 0.2) is 0 Å². The summed E-state index contributed by atoms with van der Waals surface area (Å²) in [7, 11) is 0. The Morgan fingerprint density at radius 2 is 2.32 bits per heavy atom. The predicted molar refractivity (Wildman–Crippen MR) is 79.3 cm³/mol. The summed E-state index contributed by atoms with van der Waals surface area (Å²) in [5.41, 5.74) is 6.32. The van der Waals surface area contributed by atoms with Gasteiger partial charge in [0.2, 0.25) is 5.91 Å². The summed E-state index contributed by atoms with van der Waals surface area (Å²) >= 11 is 1.79. The van der Waals surface area contributed by atoms with Crippen molar-refractivity contribution in [3.8, 4) is 0 Å². The topological polar surface area (TPSA) is 58.4 Å². The maximum atomic E-state index is 11.8. The fraction of sp³-hybridized carbons (Fsp3) is 0.643. The molecule has 0 saturated carbocycles. The van der Waals surface area contributed by atoms with Gasteiger partial charge < -0.3 is 11.1 Å². The average molecular weight is 281 g/mol. The second kappa shape index (κ2) is 6.50. The van der Waals surface area contributed by atoms with Gasteiger partial charge in [0.05, 0.1) is 12.6 Å². The number of hydrogen-bond acceptors (Lipinski definition) is 4. The van der Waals surface area contributed by atoms with E-state index in [9.17, 15) is 4.79 Å². The van der Waals surface area contributed by atoms with Crippen molar-refractivity contribution in [3.05, 3.63) is 21.9 Å². The first-order valence-electron chi connectivity index (χ1n) is 6.94. The van der Waals surface area contributed by atoms with E-state index < -0.39 is 0 Å².